The lowest BCUT2D eigenvalue weighted by Crippen LogP contribution is -2.16. The number of nitrogens with zero attached hydrogens (tertiary/aromatic N) is 2. The fraction of sp³-hybridized carbons (Fsp3) is 0.0526. The molecule has 0 atom stereocenters. The lowest BCUT2D eigenvalue weighted by Gasteiger charge is -2.11. The van der Waals surface area contributed by atoms with Crippen LogP contribution in [0.5, 0.6) is 0 Å². The Morgan fingerprint density at radius 1 is 1.12 bits per heavy atom. The molecule has 0 unspecified atom stereocenters. The van der Waals surface area contributed by atoms with Crippen LogP contribution in [0.15, 0.2) is 72.1 Å². The summed E-state index contributed by atoms with van der Waals surface area (Å²) in [6.07, 6.45) is 5.43. The molecule has 0 aliphatic rings. The highest BCUT2D eigenvalue weighted by atomic mass is 32.2. The molecular formula is C19H16N4OS. The molecule has 25 heavy (non-hydrogen) atoms. The van der Waals surface area contributed by atoms with Gasteiger partial charge in [0.05, 0.1) is 11.9 Å². The number of hydrogen-bond acceptors (Lipinski definition) is 3. The van der Waals surface area contributed by atoms with Gasteiger partial charge in [0.1, 0.15) is 5.69 Å². The lowest BCUT2D eigenvalue weighted by atomic mass is 10.2. The Kier molecular flexibility index (Phi) is 4.03. The molecule has 2 aromatic carbocycles. The molecule has 4 aromatic rings. The predicted molar refractivity (Wildman–Crippen MR) is 102 cm³/mol. The van der Waals surface area contributed by atoms with E-state index in [1.165, 1.54) is 11.8 Å². The second-order valence-electron chi connectivity index (χ2n) is 5.50. The Labute approximate surface area is 149 Å². The highest BCUT2D eigenvalue weighted by Gasteiger charge is 2.18. The molecule has 6 heteroatoms. The average Bonchev–Trinajstić information content (AvgIpc) is 3.29. The Hall–Kier alpha value is -2.99. The number of carbonyl (C=O) groups excluding carboxylic acids is 1. The monoisotopic (exact) mass is 348 g/mol. The number of nitrogens with one attached hydrogen (secondary N) is 2. The number of carbonyl (C=O) groups is 1. The number of rotatable bonds is 4. The third-order valence-electron chi connectivity index (χ3n) is 4.00. The van der Waals surface area contributed by atoms with Crippen LogP contribution in [0, 0.1) is 0 Å². The molecule has 0 aliphatic carbocycles. The highest BCUT2D eigenvalue weighted by Crippen LogP contribution is 2.25. The summed E-state index contributed by atoms with van der Waals surface area (Å²) in [6, 6.07) is 17.5. The third-order valence-corrected chi connectivity index (χ3v) is 4.66. The van der Waals surface area contributed by atoms with E-state index in [0.717, 1.165) is 27.4 Å². The number of fused-ring (bicyclic) bond motifs is 1. The maximum Gasteiger partial charge on any atom is 0.274 e. The van der Waals surface area contributed by atoms with Crippen LogP contribution in [0.25, 0.3) is 16.6 Å². The van der Waals surface area contributed by atoms with Crippen LogP contribution in [-0.4, -0.2) is 26.7 Å². The first-order valence-corrected chi connectivity index (χ1v) is 9.05. The minimum atomic E-state index is -0.189. The van der Waals surface area contributed by atoms with E-state index in [1.807, 2.05) is 71.6 Å². The standard InChI is InChI=1S/C19H16N4OS/c1-25-19-21-12-17(23(19)13-6-3-2-4-7-13)18(24)22-16-9-5-8-15-14(16)10-11-20-15/h2-12,20H,1H3,(H,22,24). The molecule has 0 saturated carbocycles. The van der Waals surface area contributed by atoms with E-state index in [1.54, 1.807) is 6.20 Å². The number of benzene rings is 2. The molecule has 0 radical (unpaired) electrons. The van der Waals surface area contributed by atoms with Crippen LogP contribution < -0.4 is 5.32 Å². The molecule has 0 aliphatic heterocycles. The number of thioether (sulfide) groups is 1. The first-order chi connectivity index (χ1) is 12.3. The van der Waals surface area contributed by atoms with Crippen molar-refractivity contribution < 1.29 is 4.79 Å². The quantitative estimate of drug-likeness (QED) is 0.540. The molecule has 1 amide bonds. The van der Waals surface area contributed by atoms with Gasteiger partial charge in [0.25, 0.3) is 5.91 Å². The summed E-state index contributed by atoms with van der Waals surface area (Å²) in [5.41, 5.74) is 3.17. The summed E-state index contributed by atoms with van der Waals surface area (Å²) < 4.78 is 1.87. The van der Waals surface area contributed by atoms with Gasteiger partial charge < -0.3 is 10.3 Å². The maximum atomic E-state index is 12.9. The second-order valence-corrected chi connectivity index (χ2v) is 6.27. The van der Waals surface area contributed by atoms with Gasteiger partial charge in [0.2, 0.25) is 0 Å². The smallest absolute Gasteiger partial charge is 0.274 e. The van der Waals surface area contributed by atoms with E-state index in [0.29, 0.717) is 5.69 Å². The van der Waals surface area contributed by atoms with Crippen molar-refractivity contribution in [3.63, 3.8) is 0 Å². The van der Waals surface area contributed by atoms with Crippen LogP contribution in [0.3, 0.4) is 0 Å². The van der Waals surface area contributed by atoms with Crippen molar-refractivity contribution in [2.24, 2.45) is 0 Å². The van der Waals surface area contributed by atoms with Gasteiger partial charge in [0, 0.05) is 22.8 Å². The van der Waals surface area contributed by atoms with Gasteiger partial charge in [-0.1, -0.05) is 36.0 Å². The van der Waals surface area contributed by atoms with Crippen molar-refractivity contribution in [3.05, 3.63) is 72.7 Å². The van der Waals surface area contributed by atoms with Crippen molar-refractivity contribution in [2.45, 2.75) is 5.16 Å². The normalized spacial score (nSPS) is 10.9. The minimum absolute atomic E-state index is 0.189. The van der Waals surface area contributed by atoms with Gasteiger partial charge >= 0.3 is 0 Å². The largest absolute Gasteiger partial charge is 0.361 e. The Morgan fingerprint density at radius 3 is 2.76 bits per heavy atom. The van der Waals surface area contributed by atoms with Crippen molar-refractivity contribution in [3.8, 4) is 5.69 Å². The second kappa shape index (κ2) is 6.49. The Bertz CT molecular complexity index is 1040. The highest BCUT2D eigenvalue weighted by molar-refractivity contribution is 7.98. The number of hydrogen-bond donors (Lipinski definition) is 2. The first kappa shape index (κ1) is 15.5. The van der Waals surface area contributed by atoms with Crippen LogP contribution in [0.2, 0.25) is 0 Å². The predicted octanol–water partition coefficient (Wildman–Crippen LogP) is 4.33. The molecule has 0 spiro atoms. The first-order valence-electron chi connectivity index (χ1n) is 7.82. The van der Waals surface area contributed by atoms with E-state index in [-0.39, 0.29) is 5.91 Å². The van der Waals surface area contributed by atoms with Crippen molar-refractivity contribution >= 4 is 34.3 Å². The van der Waals surface area contributed by atoms with Crippen LogP contribution >= 0.6 is 11.8 Å². The summed E-state index contributed by atoms with van der Waals surface area (Å²) in [7, 11) is 0. The zero-order chi connectivity index (χ0) is 17.2. The van der Waals surface area contributed by atoms with Crippen molar-refractivity contribution in [2.75, 3.05) is 11.6 Å². The number of H-pyrrole nitrogens is 1. The van der Waals surface area contributed by atoms with Gasteiger partial charge in [0.15, 0.2) is 5.16 Å². The zero-order valence-corrected chi connectivity index (χ0v) is 14.4. The van der Waals surface area contributed by atoms with E-state index in [9.17, 15) is 4.79 Å². The molecule has 2 heterocycles. The fourth-order valence-corrected chi connectivity index (χ4v) is 3.39. The van der Waals surface area contributed by atoms with Crippen LogP contribution in [0.4, 0.5) is 5.69 Å². The summed E-state index contributed by atoms with van der Waals surface area (Å²) in [6.45, 7) is 0. The Balaban J connectivity index is 1.74. The number of para-hydroxylation sites is 1. The summed E-state index contributed by atoms with van der Waals surface area (Å²) in [5, 5.41) is 4.76. The van der Waals surface area contributed by atoms with E-state index in [2.05, 4.69) is 15.3 Å². The molecule has 4 rings (SSSR count). The average molecular weight is 348 g/mol. The SMILES string of the molecule is CSc1ncc(C(=O)Nc2cccc3[nH]ccc23)n1-c1ccccc1. The van der Waals surface area contributed by atoms with Gasteiger partial charge in [-0.15, -0.1) is 0 Å². The molecule has 0 saturated heterocycles. The summed E-state index contributed by atoms with van der Waals surface area (Å²) in [5.74, 6) is -0.189. The number of amides is 1. The van der Waals surface area contributed by atoms with Crippen molar-refractivity contribution in [1.29, 1.82) is 0 Å². The van der Waals surface area contributed by atoms with Crippen molar-refractivity contribution in [1.82, 2.24) is 14.5 Å². The van der Waals surface area contributed by atoms with Crippen LogP contribution in [0.1, 0.15) is 10.5 Å². The van der Waals surface area contributed by atoms with Crippen LogP contribution in [-0.2, 0) is 0 Å². The van der Waals surface area contributed by atoms with Gasteiger partial charge in [-0.2, -0.15) is 0 Å². The molecular weight excluding hydrogens is 332 g/mol. The lowest BCUT2D eigenvalue weighted by molar-refractivity contribution is 0.102. The van der Waals surface area contributed by atoms with Gasteiger partial charge in [-0.05, 0) is 36.6 Å². The zero-order valence-electron chi connectivity index (χ0n) is 13.6. The molecule has 124 valence electrons. The number of anilines is 1. The van der Waals surface area contributed by atoms with Gasteiger partial charge in [-0.25, -0.2) is 4.98 Å². The van der Waals surface area contributed by atoms with E-state index < -0.39 is 0 Å². The fourth-order valence-electron chi connectivity index (χ4n) is 2.85. The number of imidazole rings is 1. The number of aromatic nitrogens is 3. The third kappa shape index (κ3) is 2.81. The van der Waals surface area contributed by atoms with E-state index in [4.69, 9.17) is 0 Å². The molecule has 0 bridgehead atoms. The van der Waals surface area contributed by atoms with E-state index >= 15 is 0 Å². The van der Waals surface area contributed by atoms with Gasteiger partial charge in [-0.3, -0.25) is 9.36 Å². The number of aromatic amines is 1. The minimum Gasteiger partial charge on any atom is -0.361 e. The maximum absolute atomic E-state index is 12.9. The summed E-state index contributed by atoms with van der Waals surface area (Å²) >= 11 is 1.51. The topological polar surface area (TPSA) is 62.7 Å². The molecule has 2 aromatic heterocycles. The molecule has 5 nitrogen and oxygen atoms in total. The molecule has 0 fully saturated rings. The molecule has 2 N–H and O–H groups in total. The Morgan fingerprint density at radius 2 is 1.96 bits per heavy atom. The summed E-state index contributed by atoms with van der Waals surface area (Å²) in [4.78, 5) is 20.4.